The Morgan fingerprint density at radius 3 is 2.57 bits per heavy atom. The highest BCUT2D eigenvalue weighted by molar-refractivity contribution is 8.00. The maximum Gasteiger partial charge on any atom is 0.234 e. The van der Waals surface area contributed by atoms with Gasteiger partial charge in [0, 0.05) is 24.7 Å². The van der Waals surface area contributed by atoms with Crippen molar-refractivity contribution >= 4 is 40.9 Å². The zero-order chi connectivity index (χ0) is 17.2. The van der Waals surface area contributed by atoms with Crippen molar-refractivity contribution in [3.63, 3.8) is 0 Å². The summed E-state index contributed by atoms with van der Waals surface area (Å²) < 4.78 is 10.0. The molecule has 0 bridgehead atoms. The van der Waals surface area contributed by atoms with Gasteiger partial charge in [0.1, 0.15) is 5.75 Å². The van der Waals surface area contributed by atoms with E-state index in [1.165, 1.54) is 18.9 Å². The number of anilines is 1. The fourth-order valence-corrected chi connectivity index (χ4v) is 2.50. The number of hydrogen-bond donors (Lipinski definition) is 2. The molecule has 6 nitrogen and oxygen atoms in total. The molecule has 1 aromatic rings. The van der Waals surface area contributed by atoms with Gasteiger partial charge in [-0.1, -0.05) is 11.6 Å². The Bertz CT molecular complexity index is 555. The van der Waals surface area contributed by atoms with Crippen LogP contribution in [-0.2, 0) is 14.3 Å². The number of halogens is 1. The van der Waals surface area contributed by atoms with Gasteiger partial charge in [0.25, 0.3) is 0 Å². The summed E-state index contributed by atoms with van der Waals surface area (Å²) in [5, 5.41) is 6.02. The summed E-state index contributed by atoms with van der Waals surface area (Å²) in [6.07, 6.45) is 0. The Hall–Kier alpha value is -1.44. The zero-order valence-corrected chi connectivity index (χ0v) is 15.0. The molecular weight excluding hydrogens is 340 g/mol. The molecule has 0 heterocycles. The molecule has 2 amide bonds. The molecule has 0 radical (unpaired) electrons. The predicted molar refractivity (Wildman–Crippen MR) is 93.6 cm³/mol. The molecule has 0 fully saturated rings. The highest BCUT2D eigenvalue weighted by atomic mass is 35.5. The highest BCUT2D eigenvalue weighted by Crippen LogP contribution is 2.30. The van der Waals surface area contributed by atoms with Gasteiger partial charge in [-0.15, -0.1) is 11.8 Å². The molecule has 128 valence electrons. The molecule has 0 aliphatic heterocycles. The van der Waals surface area contributed by atoms with Crippen LogP contribution in [-0.4, -0.2) is 50.7 Å². The lowest BCUT2D eigenvalue weighted by molar-refractivity contribution is -0.118. The van der Waals surface area contributed by atoms with E-state index >= 15 is 0 Å². The van der Waals surface area contributed by atoms with E-state index in [4.69, 9.17) is 21.1 Å². The maximum atomic E-state index is 11.9. The first-order chi connectivity index (χ1) is 11.0. The van der Waals surface area contributed by atoms with Gasteiger partial charge >= 0.3 is 0 Å². The van der Waals surface area contributed by atoms with Crippen LogP contribution in [0.2, 0.25) is 5.02 Å². The van der Waals surface area contributed by atoms with E-state index in [0.29, 0.717) is 29.6 Å². The van der Waals surface area contributed by atoms with Crippen LogP contribution < -0.4 is 15.4 Å². The molecule has 0 unspecified atom stereocenters. The number of thioether (sulfide) groups is 1. The Kier molecular flexibility index (Phi) is 8.83. The van der Waals surface area contributed by atoms with Crippen LogP contribution in [0.5, 0.6) is 5.75 Å². The Labute approximate surface area is 145 Å². The van der Waals surface area contributed by atoms with E-state index < -0.39 is 0 Å². The molecule has 0 aliphatic rings. The topological polar surface area (TPSA) is 76.7 Å². The van der Waals surface area contributed by atoms with Crippen LogP contribution in [0.4, 0.5) is 5.69 Å². The molecule has 1 aromatic carbocycles. The summed E-state index contributed by atoms with van der Waals surface area (Å²) in [7, 11) is 3.08. The minimum absolute atomic E-state index is 0.125. The van der Waals surface area contributed by atoms with Crippen LogP contribution in [0.1, 0.15) is 5.56 Å². The number of carbonyl (C=O) groups is 2. The van der Waals surface area contributed by atoms with Gasteiger partial charge in [-0.05, 0) is 18.6 Å². The molecule has 0 saturated carbocycles. The number of rotatable bonds is 9. The van der Waals surface area contributed by atoms with Crippen LogP contribution in [0.3, 0.4) is 0 Å². The third-order valence-electron chi connectivity index (χ3n) is 2.85. The second kappa shape index (κ2) is 10.4. The first-order valence-corrected chi connectivity index (χ1v) is 8.48. The molecule has 2 N–H and O–H groups in total. The summed E-state index contributed by atoms with van der Waals surface area (Å²) >= 11 is 7.26. The maximum absolute atomic E-state index is 11.9. The van der Waals surface area contributed by atoms with Crippen molar-refractivity contribution < 1.29 is 19.1 Å². The van der Waals surface area contributed by atoms with Crippen molar-refractivity contribution in [3.05, 3.63) is 22.7 Å². The molecule has 8 heteroatoms. The summed E-state index contributed by atoms with van der Waals surface area (Å²) in [4.78, 5) is 23.4. The van der Waals surface area contributed by atoms with Gasteiger partial charge in [-0.2, -0.15) is 0 Å². The summed E-state index contributed by atoms with van der Waals surface area (Å²) in [6, 6.07) is 3.41. The van der Waals surface area contributed by atoms with Crippen molar-refractivity contribution in [1.82, 2.24) is 5.32 Å². The van der Waals surface area contributed by atoms with Crippen molar-refractivity contribution in [3.8, 4) is 5.75 Å². The van der Waals surface area contributed by atoms with E-state index in [2.05, 4.69) is 10.6 Å². The molecule has 0 aromatic heterocycles. The van der Waals surface area contributed by atoms with Crippen LogP contribution in [0, 0.1) is 6.92 Å². The molecule has 0 spiro atoms. The number of amides is 2. The third kappa shape index (κ3) is 7.11. The minimum Gasteiger partial charge on any atom is -0.495 e. The van der Waals surface area contributed by atoms with E-state index in [1.807, 2.05) is 6.92 Å². The smallest absolute Gasteiger partial charge is 0.234 e. The number of carbonyl (C=O) groups excluding carboxylic acids is 2. The number of aryl methyl sites for hydroxylation is 1. The molecule has 0 atom stereocenters. The zero-order valence-electron chi connectivity index (χ0n) is 13.4. The average Bonchev–Trinajstić information content (AvgIpc) is 2.51. The number of hydrogen-bond acceptors (Lipinski definition) is 5. The molecule has 0 saturated heterocycles. The Morgan fingerprint density at radius 1 is 1.22 bits per heavy atom. The molecule has 23 heavy (non-hydrogen) atoms. The lowest BCUT2D eigenvalue weighted by Gasteiger charge is -2.12. The van der Waals surface area contributed by atoms with Gasteiger partial charge in [0.15, 0.2) is 0 Å². The lowest BCUT2D eigenvalue weighted by Crippen LogP contribution is -2.29. The Balaban J connectivity index is 2.42. The van der Waals surface area contributed by atoms with Gasteiger partial charge in [0.05, 0.1) is 30.9 Å². The largest absolute Gasteiger partial charge is 0.495 e. The molecular formula is C15H21ClN2O4S. The molecule has 1 rings (SSSR count). The average molecular weight is 361 g/mol. The standard InChI is InChI=1S/C15H21ClN2O4S/c1-10-6-12(13(22-3)7-11(10)16)18-15(20)9-23-8-14(19)17-4-5-21-2/h6-7H,4-5,8-9H2,1-3H3,(H,17,19)(H,18,20). The van der Waals surface area contributed by atoms with E-state index in [9.17, 15) is 9.59 Å². The number of benzene rings is 1. The first kappa shape index (κ1) is 19.6. The summed E-state index contributed by atoms with van der Waals surface area (Å²) in [5.74, 6) is 0.548. The number of ether oxygens (including phenoxy) is 2. The fourth-order valence-electron chi connectivity index (χ4n) is 1.70. The monoisotopic (exact) mass is 360 g/mol. The highest BCUT2D eigenvalue weighted by Gasteiger charge is 2.11. The van der Waals surface area contributed by atoms with E-state index in [0.717, 1.165) is 5.56 Å². The van der Waals surface area contributed by atoms with Crippen molar-refractivity contribution in [2.75, 3.05) is 44.2 Å². The SMILES string of the molecule is COCCNC(=O)CSCC(=O)Nc1cc(C)c(Cl)cc1OC. The van der Waals surface area contributed by atoms with E-state index in [-0.39, 0.29) is 23.3 Å². The van der Waals surface area contributed by atoms with Crippen LogP contribution >= 0.6 is 23.4 Å². The second-order valence-corrected chi connectivity index (χ2v) is 6.08. The Morgan fingerprint density at radius 2 is 1.91 bits per heavy atom. The van der Waals surface area contributed by atoms with Crippen molar-refractivity contribution in [1.29, 1.82) is 0 Å². The summed E-state index contributed by atoms with van der Waals surface area (Å²) in [5.41, 5.74) is 1.40. The van der Waals surface area contributed by atoms with Crippen molar-refractivity contribution in [2.24, 2.45) is 0 Å². The van der Waals surface area contributed by atoms with Crippen molar-refractivity contribution in [2.45, 2.75) is 6.92 Å². The minimum atomic E-state index is -0.209. The third-order valence-corrected chi connectivity index (χ3v) is 4.19. The number of nitrogens with one attached hydrogen (secondary N) is 2. The van der Waals surface area contributed by atoms with E-state index in [1.54, 1.807) is 19.2 Å². The number of methoxy groups -OCH3 is 2. The first-order valence-electron chi connectivity index (χ1n) is 6.95. The van der Waals surface area contributed by atoms with Crippen LogP contribution in [0.15, 0.2) is 12.1 Å². The molecule has 0 aliphatic carbocycles. The van der Waals surface area contributed by atoms with Gasteiger partial charge in [0.2, 0.25) is 11.8 Å². The predicted octanol–water partition coefficient (Wildman–Crippen LogP) is 2.09. The van der Waals surface area contributed by atoms with Gasteiger partial charge in [-0.25, -0.2) is 0 Å². The van der Waals surface area contributed by atoms with Gasteiger partial charge < -0.3 is 20.1 Å². The van der Waals surface area contributed by atoms with Gasteiger partial charge in [-0.3, -0.25) is 9.59 Å². The normalized spacial score (nSPS) is 10.3. The summed E-state index contributed by atoms with van der Waals surface area (Å²) in [6.45, 7) is 2.77. The second-order valence-electron chi connectivity index (χ2n) is 4.69. The quantitative estimate of drug-likeness (QED) is 0.659. The van der Waals surface area contributed by atoms with Crippen LogP contribution in [0.25, 0.3) is 0 Å². The fraction of sp³-hybridized carbons (Fsp3) is 0.467. The lowest BCUT2D eigenvalue weighted by atomic mass is 10.2.